The maximum absolute atomic E-state index is 14.2. The molecule has 1 N–H and O–H groups in total. The van der Waals surface area contributed by atoms with Crippen molar-refractivity contribution in [3.63, 3.8) is 0 Å². The number of hydrogen-bond acceptors (Lipinski definition) is 3. The van der Waals surface area contributed by atoms with Crippen LogP contribution in [0.15, 0.2) is 18.2 Å². The molecule has 1 saturated heterocycles. The molecule has 0 amide bonds. The van der Waals surface area contributed by atoms with E-state index >= 15 is 0 Å². The molecule has 1 aliphatic rings. The van der Waals surface area contributed by atoms with Crippen LogP contribution in [0.1, 0.15) is 31.4 Å². The lowest BCUT2D eigenvalue weighted by atomic mass is 9.90. The van der Waals surface area contributed by atoms with Gasteiger partial charge in [-0.2, -0.15) is 11.8 Å². The SMILES string of the molecule is CNC(c1ccc(OC)cc1F)C1(C)CCCS1. The normalized spacial score (nSPS) is 25.1. The Bertz CT molecular complexity index is 418. The summed E-state index contributed by atoms with van der Waals surface area (Å²) in [7, 11) is 3.45. The molecule has 2 unspecified atom stereocenters. The van der Waals surface area contributed by atoms with E-state index in [1.165, 1.54) is 12.5 Å². The standard InChI is InChI=1S/C14H20FNOS/c1-14(7-4-8-18-14)13(16-2)11-6-5-10(17-3)9-12(11)15/h5-6,9,13,16H,4,7-8H2,1-3H3. The van der Waals surface area contributed by atoms with Crippen molar-refractivity contribution >= 4 is 11.8 Å². The molecule has 18 heavy (non-hydrogen) atoms. The van der Waals surface area contributed by atoms with Crippen LogP contribution in [0.4, 0.5) is 4.39 Å². The van der Waals surface area contributed by atoms with Crippen molar-refractivity contribution in [2.75, 3.05) is 19.9 Å². The van der Waals surface area contributed by atoms with Gasteiger partial charge in [-0.15, -0.1) is 0 Å². The number of ether oxygens (including phenoxy) is 1. The quantitative estimate of drug-likeness (QED) is 0.905. The Morgan fingerprint density at radius 1 is 1.50 bits per heavy atom. The first-order valence-electron chi connectivity index (χ1n) is 6.25. The summed E-state index contributed by atoms with van der Waals surface area (Å²) in [6.07, 6.45) is 2.33. The van der Waals surface area contributed by atoms with Crippen molar-refractivity contribution in [3.05, 3.63) is 29.6 Å². The average molecular weight is 269 g/mol. The van der Waals surface area contributed by atoms with Crippen LogP contribution in [0.5, 0.6) is 5.75 Å². The highest BCUT2D eigenvalue weighted by Gasteiger charge is 2.39. The number of methoxy groups -OCH3 is 1. The molecule has 2 nitrogen and oxygen atoms in total. The number of halogens is 1. The van der Waals surface area contributed by atoms with Gasteiger partial charge in [0.2, 0.25) is 0 Å². The topological polar surface area (TPSA) is 21.3 Å². The molecule has 0 aliphatic carbocycles. The van der Waals surface area contributed by atoms with E-state index in [9.17, 15) is 4.39 Å². The third-order valence-corrected chi connectivity index (χ3v) is 5.26. The zero-order chi connectivity index (χ0) is 13.2. The molecule has 2 atom stereocenters. The lowest BCUT2D eigenvalue weighted by Gasteiger charge is -2.33. The van der Waals surface area contributed by atoms with Crippen LogP contribution in [0, 0.1) is 5.82 Å². The maximum atomic E-state index is 14.2. The Morgan fingerprint density at radius 2 is 2.28 bits per heavy atom. The van der Waals surface area contributed by atoms with E-state index in [1.54, 1.807) is 7.11 Å². The fourth-order valence-electron chi connectivity index (χ4n) is 2.69. The molecule has 1 aromatic rings. The van der Waals surface area contributed by atoms with Crippen LogP contribution < -0.4 is 10.1 Å². The third-order valence-electron chi connectivity index (χ3n) is 3.67. The van der Waals surface area contributed by atoms with Crippen LogP contribution >= 0.6 is 11.8 Å². The predicted octanol–water partition coefficient (Wildman–Crippen LogP) is 3.38. The minimum Gasteiger partial charge on any atom is -0.497 e. The number of nitrogens with one attached hydrogen (secondary N) is 1. The van der Waals surface area contributed by atoms with E-state index in [4.69, 9.17) is 4.74 Å². The van der Waals surface area contributed by atoms with Gasteiger partial charge in [0, 0.05) is 22.4 Å². The highest BCUT2D eigenvalue weighted by atomic mass is 32.2. The molecule has 4 heteroatoms. The lowest BCUT2D eigenvalue weighted by molar-refractivity contribution is 0.402. The van der Waals surface area contributed by atoms with Crippen molar-refractivity contribution in [2.24, 2.45) is 0 Å². The summed E-state index contributed by atoms with van der Waals surface area (Å²) in [4.78, 5) is 0. The minimum absolute atomic E-state index is 0.0379. The lowest BCUT2D eigenvalue weighted by Crippen LogP contribution is -2.36. The Morgan fingerprint density at radius 3 is 2.78 bits per heavy atom. The number of hydrogen-bond donors (Lipinski definition) is 1. The zero-order valence-electron chi connectivity index (χ0n) is 11.1. The minimum atomic E-state index is -0.192. The predicted molar refractivity (Wildman–Crippen MR) is 74.8 cm³/mol. The van der Waals surface area contributed by atoms with Gasteiger partial charge in [0.25, 0.3) is 0 Å². The van der Waals surface area contributed by atoms with Crippen molar-refractivity contribution in [3.8, 4) is 5.75 Å². The molecule has 1 heterocycles. The van der Waals surface area contributed by atoms with Gasteiger partial charge in [0.05, 0.1) is 7.11 Å². The summed E-state index contributed by atoms with van der Waals surface area (Å²) in [5, 5.41) is 3.28. The molecule has 0 saturated carbocycles. The Balaban J connectivity index is 2.32. The van der Waals surface area contributed by atoms with Gasteiger partial charge in [-0.1, -0.05) is 6.07 Å². The average Bonchev–Trinajstić information content (AvgIpc) is 2.79. The van der Waals surface area contributed by atoms with Crippen molar-refractivity contribution in [1.82, 2.24) is 5.32 Å². The summed E-state index contributed by atoms with van der Waals surface area (Å²) in [5.41, 5.74) is 0.732. The fourth-order valence-corrected chi connectivity index (χ4v) is 4.14. The third kappa shape index (κ3) is 2.50. The van der Waals surface area contributed by atoms with E-state index in [2.05, 4.69) is 12.2 Å². The number of rotatable bonds is 4. The largest absolute Gasteiger partial charge is 0.497 e. The first-order valence-corrected chi connectivity index (χ1v) is 7.24. The Hall–Kier alpha value is -0.740. The first kappa shape index (κ1) is 13.7. The van der Waals surface area contributed by atoms with Crippen molar-refractivity contribution < 1.29 is 9.13 Å². The van der Waals surface area contributed by atoms with E-state index < -0.39 is 0 Å². The Kier molecular flexibility index (Phi) is 4.17. The van der Waals surface area contributed by atoms with Crippen LogP contribution in [-0.2, 0) is 0 Å². The fraction of sp³-hybridized carbons (Fsp3) is 0.571. The molecule has 1 aromatic carbocycles. The monoisotopic (exact) mass is 269 g/mol. The molecule has 100 valence electrons. The highest BCUT2D eigenvalue weighted by molar-refractivity contribution is 8.00. The number of benzene rings is 1. The summed E-state index contributed by atoms with van der Waals surface area (Å²) >= 11 is 1.93. The molecule has 0 radical (unpaired) electrons. The van der Waals surface area contributed by atoms with Crippen LogP contribution in [-0.4, -0.2) is 24.7 Å². The van der Waals surface area contributed by atoms with E-state index in [-0.39, 0.29) is 16.6 Å². The van der Waals surface area contributed by atoms with Gasteiger partial charge in [-0.3, -0.25) is 0 Å². The molecule has 0 bridgehead atoms. The van der Waals surface area contributed by atoms with Gasteiger partial charge >= 0.3 is 0 Å². The molecule has 0 aromatic heterocycles. The molecule has 0 spiro atoms. The van der Waals surface area contributed by atoms with E-state index in [0.717, 1.165) is 17.7 Å². The summed E-state index contributed by atoms with van der Waals surface area (Å²) < 4.78 is 19.3. The Labute approximate surface area is 112 Å². The van der Waals surface area contributed by atoms with Gasteiger partial charge in [0.15, 0.2) is 0 Å². The second-order valence-electron chi connectivity index (χ2n) is 4.87. The summed E-state index contributed by atoms with van der Waals surface area (Å²) in [5.74, 6) is 1.53. The van der Waals surface area contributed by atoms with Crippen LogP contribution in [0.2, 0.25) is 0 Å². The first-order chi connectivity index (χ1) is 8.60. The van der Waals surface area contributed by atoms with Gasteiger partial charge in [-0.05, 0) is 38.6 Å². The summed E-state index contributed by atoms with van der Waals surface area (Å²) in [6, 6.07) is 5.16. The van der Waals surface area contributed by atoms with Crippen molar-refractivity contribution in [1.29, 1.82) is 0 Å². The van der Waals surface area contributed by atoms with Gasteiger partial charge < -0.3 is 10.1 Å². The molecule has 1 aliphatic heterocycles. The molecular weight excluding hydrogens is 249 g/mol. The smallest absolute Gasteiger partial charge is 0.131 e. The van der Waals surface area contributed by atoms with E-state index in [0.29, 0.717) is 5.75 Å². The second-order valence-corrected chi connectivity index (χ2v) is 6.50. The summed E-state index contributed by atoms with van der Waals surface area (Å²) in [6.45, 7) is 2.22. The second kappa shape index (κ2) is 5.49. The van der Waals surface area contributed by atoms with Crippen LogP contribution in [0.3, 0.4) is 0 Å². The maximum Gasteiger partial charge on any atom is 0.131 e. The van der Waals surface area contributed by atoms with Gasteiger partial charge in [0.1, 0.15) is 11.6 Å². The zero-order valence-corrected chi connectivity index (χ0v) is 11.9. The molecular formula is C14H20FNOS. The van der Waals surface area contributed by atoms with E-state index in [1.807, 2.05) is 30.9 Å². The molecule has 2 rings (SSSR count). The van der Waals surface area contributed by atoms with Crippen LogP contribution in [0.25, 0.3) is 0 Å². The number of thioether (sulfide) groups is 1. The highest BCUT2D eigenvalue weighted by Crippen LogP contribution is 2.47. The molecule has 1 fully saturated rings. The van der Waals surface area contributed by atoms with Gasteiger partial charge in [-0.25, -0.2) is 4.39 Å². The van der Waals surface area contributed by atoms with Crippen molar-refractivity contribution in [2.45, 2.75) is 30.6 Å².